The highest BCUT2D eigenvalue weighted by Gasteiger charge is 2.34. The van der Waals surface area contributed by atoms with Crippen LogP contribution in [0, 0.1) is 5.82 Å². The van der Waals surface area contributed by atoms with Gasteiger partial charge in [0.25, 0.3) is 0 Å². The van der Waals surface area contributed by atoms with Crippen molar-refractivity contribution in [1.82, 2.24) is 0 Å². The van der Waals surface area contributed by atoms with Crippen molar-refractivity contribution in [1.29, 1.82) is 0 Å². The standard InChI is InChI=1S/C13H8F4O2/c14-12-6-5-10(7-11(12)13(15,16)17)19-9-3-1-8(18)2-4-9/h1-7,18H. The zero-order valence-electron chi connectivity index (χ0n) is 9.41. The van der Waals surface area contributed by atoms with Crippen LogP contribution in [0.2, 0.25) is 0 Å². The number of benzene rings is 2. The molecule has 2 aromatic rings. The Bertz CT molecular complexity index is 576. The monoisotopic (exact) mass is 272 g/mol. The van der Waals surface area contributed by atoms with Crippen LogP contribution in [0.25, 0.3) is 0 Å². The fraction of sp³-hybridized carbons (Fsp3) is 0.0769. The van der Waals surface area contributed by atoms with Crippen LogP contribution in [0.3, 0.4) is 0 Å². The lowest BCUT2D eigenvalue weighted by Crippen LogP contribution is -2.08. The molecule has 0 saturated heterocycles. The van der Waals surface area contributed by atoms with Crippen molar-refractivity contribution >= 4 is 0 Å². The lowest BCUT2D eigenvalue weighted by atomic mass is 10.2. The Morgan fingerprint density at radius 1 is 0.895 bits per heavy atom. The van der Waals surface area contributed by atoms with Gasteiger partial charge in [0, 0.05) is 0 Å². The van der Waals surface area contributed by atoms with E-state index in [1.54, 1.807) is 0 Å². The summed E-state index contributed by atoms with van der Waals surface area (Å²) in [5.41, 5.74) is -1.39. The number of alkyl halides is 3. The van der Waals surface area contributed by atoms with Crippen molar-refractivity contribution in [3.8, 4) is 17.2 Å². The molecule has 2 nitrogen and oxygen atoms in total. The van der Waals surface area contributed by atoms with Gasteiger partial charge in [0.2, 0.25) is 0 Å². The molecule has 0 unspecified atom stereocenters. The summed E-state index contributed by atoms with van der Waals surface area (Å²) in [7, 11) is 0. The Morgan fingerprint density at radius 2 is 1.47 bits per heavy atom. The summed E-state index contributed by atoms with van der Waals surface area (Å²) in [4.78, 5) is 0. The fourth-order valence-corrected chi connectivity index (χ4v) is 1.44. The van der Waals surface area contributed by atoms with Crippen LogP contribution in [0.1, 0.15) is 5.56 Å². The van der Waals surface area contributed by atoms with E-state index in [-0.39, 0.29) is 17.2 Å². The maximum Gasteiger partial charge on any atom is 0.419 e. The molecule has 0 aliphatic carbocycles. The van der Waals surface area contributed by atoms with E-state index in [0.717, 1.165) is 6.07 Å². The Labute approximate surface area is 105 Å². The Kier molecular flexibility index (Phi) is 3.33. The van der Waals surface area contributed by atoms with E-state index in [1.807, 2.05) is 0 Å². The molecule has 0 aliphatic heterocycles. The molecule has 0 aliphatic rings. The summed E-state index contributed by atoms with van der Waals surface area (Å²) >= 11 is 0. The van der Waals surface area contributed by atoms with Crippen molar-refractivity contribution < 1.29 is 27.4 Å². The first-order chi connectivity index (χ1) is 8.86. The lowest BCUT2D eigenvalue weighted by molar-refractivity contribution is -0.140. The molecule has 0 bridgehead atoms. The van der Waals surface area contributed by atoms with Gasteiger partial charge >= 0.3 is 6.18 Å². The van der Waals surface area contributed by atoms with Crippen LogP contribution in [0.5, 0.6) is 17.2 Å². The Hall–Kier alpha value is -2.24. The van der Waals surface area contributed by atoms with E-state index in [9.17, 15) is 17.6 Å². The van der Waals surface area contributed by atoms with E-state index in [4.69, 9.17) is 9.84 Å². The number of phenolic OH excluding ortho intramolecular Hbond substituents is 1. The molecule has 100 valence electrons. The predicted molar refractivity (Wildman–Crippen MR) is 59.6 cm³/mol. The van der Waals surface area contributed by atoms with Crippen molar-refractivity contribution in [2.45, 2.75) is 6.18 Å². The van der Waals surface area contributed by atoms with E-state index in [1.165, 1.54) is 24.3 Å². The topological polar surface area (TPSA) is 29.5 Å². The van der Waals surface area contributed by atoms with Gasteiger partial charge in [-0.2, -0.15) is 13.2 Å². The van der Waals surface area contributed by atoms with Crippen LogP contribution in [0.15, 0.2) is 42.5 Å². The molecule has 0 heterocycles. The summed E-state index contributed by atoms with van der Waals surface area (Å²) in [6, 6.07) is 7.78. The highest BCUT2D eigenvalue weighted by atomic mass is 19.4. The molecule has 0 spiro atoms. The van der Waals surface area contributed by atoms with Crippen LogP contribution >= 0.6 is 0 Å². The van der Waals surface area contributed by atoms with Gasteiger partial charge in [0.15, 0.2) is 0 Å². The average molecular weight is 272 g/mol. The number of halogens is 4. The SMILES string of the molecule is Oc1ccc(Oc2ccc(F)c(C(F)(F)F)c2)cc1. The number of hydrogen-bond acceptors (Lipinski definition) is 2. The number of phenols is 1. The van der Waals surface area contributed by atoms with Gasteiger partial charge in [-0.15, -0.1) is 0 Å². The highest BCUT2D eigenvalue weighted by Crippen LogP contribution is 2.34. The Morgan fingerprint density at radius 3 is 2.05 bits per heavy atom. The molecule has 0 atom stereocenters. The number of hydrogen-bond donors (Lipinski definition) is 1. The molecule has 0 fully saturated rings. The van der Waals surface area contributed by atoms with Crippen molar-refractivity contribution in [2.75, 3.05) is 0 Å². The summed E-state index contributed by atoms with van der Waals surface area (Å²) in [6.45, 7) is 0. The van der Waals surface area contributed by atoms with Crippen LogP contribution in [-0.4, -0.2) is 5.11 Å². The Balaban J connectivity index is 2.29. The number of rotatable bonds is 2. The van der Waals surface area contributed by atoms with Gasteiger partial charge in [-0.3, -0.25) is 0 Å². The van der Waals surface area contributed by atoms with Gasteiger partial charge in [0.05, 0.1) is 5.56 Å². The minimum Gasteiger partial charge on any atom is -0.508 e. The zero-order valence-corrected chi connectivity index (χ0v) is 9.41. The van der Waals surface area contributed by atoms with Gasteiger partial charge < -0.3 is 9.84 Å². The van der Waals surface area contributed by atoms with Crippen molar-refractivity contribution in [3.05, 3.63) is 53.8 Å². The number of ether oxygens (including phenoxy) is 1. The third-order valence-corrected chi connectivity index (χ3v) is 2.32. The highest BCUT2D eigenvalue weighted by molar-refractivity contribution is 5.37. The summed E-state index contributed by atoms with van der Waals surface area (Å²) in [6.07, 6.45) is -4.78. The molecule has 0 aromatic heterocycles. The molecule has 0 amide bonds. The third-order valence-electron chi connectivity index (χ3n) is 2.32. The second-order valence-electron chi connectivity index (χ2n) is 3.74. The summed E-state index contributed by atoms with van der Waals surface area (Å²) in [5, 5.41) is 9.06. The van der Waals surface area contributed by atoms with Gasteiger partial charge in [0.1, 0.15) is 23.1 Å². The van der Waals surface area contributed by atoms with E-state index in [0.29, 0.717) is 12.1 Å². The van der Waals surface area contributed by atoms with Crippen LogP contribution in [0.4, 0.5) is 17.6 Å². The van der Waals surface area contributed by atoms with Crippen molar-refractivity contribution in [3.63, 3.8) is 0 Å². The first-order valence-electron chi connectivity index (χ1n) is 5.20. The molecule has 6 heteroatoms. The largest absolute Gasteiger partial charge is 0.508 e. The normalized spacial score (nSPS) is 11.4. The minimum absolute atomic E-state index is 0.00226. The smallest absolute Gasteiger partial charge is 0.419 e. The van der Waals surface area contributed by atoms with E-state index < -0.39 is 17.6 Å². The van der Waals surface area contributed by atoms with E-state index in [2.05, 4.69) is 0 Å². The molecular weight excluding hydrogens is 264 g/mol. The van der Waals surface area contributed by atoms with E-state index >= 15 is 0 Å². The van der Waals surface area contributed by atoms with Crippen molar-refractivity contribution in [2.24, 2.45) is 0 Å². The molecular formula is C13H8F4O2. The molecule has 1 N–H and O–H groups in total. The lowest BCUT2D eigenvalue weighted by Gasteiger charge is -2.11. The number of aromatic hydroxyl groups is 1. The van der Waals surface area contributed by atoms with Crippen LogP contribution in [-0.2, 0) is 6.18 Å². The first kappa shape index (κ1) is 13.2. The minimum atomic E-state index is -4.78. The summed E-state index contributed by atoms with van der Waals surface area (Å²) in [5.74, 6) is -1.26. The average Bonchev–Trinajstić information content (AvgIpc) is 2.33. The first-order valence-corrected chi connectivity index (χ1v) is 5.20. The second-order valence-corrected chi connectivity index (χ2v) is 3.74. The molecule has 2 aromatic carbocycles. The zero-order chi connectivity index (χ0) is 14.0. The molecule has 19 heavy (non-hydrogen) atoms. The second kappa shape index (κ2) is 4.79. The summed E-state index contributed by atoms with van der Waals surface area (Å²) < 4.78 is 55.7. The maximum absolute atomic E-state index is 13.0. The van der Waals surface area contributed by atoms with Gasteiger partial charge in [-0.05, 0) is 42.5 Å². The third kappa shape index (κ3) is 3.15. The molecule has 0 saturated carbocycles. The molecule has 0 radical (unpaired) electrons. The molecule has 2 rings (SSSR count). The predicted octanol–water partition coefficient (Wildman–Crippen LogP) is 4.34. The quantitative estimate of drug-likeness (QED) is 0.824. The van der Waals surface area contributed by atoms with Gasteiger partial charge in [-0.1, -0.05) is 0 Å². The maximum atomic E-state index is 13.0. The van der Waals surface area contributed by atoms with Crippen LogP contribution < -0.4 is 4.74 Å². The van der Waals surface area contributed by atoms with Gasteiger partial charge in [-0.25, -0.2) is 4.39 Å². The fourth-order valence-electron chi connectivity index (χ4n) is 1.44.